The van der Waals surface area contributed by atoms with Gasteiger partial charge < -0.3 is 5.32 Å². The van der Waals surface area contributed by atoms with E-state index >= 15 is 0 Å². The van der Waals surface area contributed by atoms with Crippen LogP contribution >= 0.6 is 15.9 Å². The number of hydrogen-bond donors (Lipinski definition) is 1. The van der Waals surface area contributed by atoms with Crippen molar-refractivity contribution in [2.24, 2.45) is 0 Å². The van der Waals surface area contributed by atoms with Crippen LogP contribution in [0.2, 0.25) is 0 Å². The Balaban J connectivity index is 2.07. The van der Waals surface area contributed by atoms with Crippen molar-refractivity contribution in [3.05, 3.63) is 63.9 Å². The van der Waals surface area contributed by atoms with Crippen LogP contribution in [0.1, 0.15) is 18.1 Å². The van der Waals surface area contributed by atoms with Crippen LogP contribution in [0.5, 0.6) is 0 Å². The summed E-state index contributed by atoms with van der Waals surface area (Å²) in [6, 6.07) is 10.7. The van der Waals surface area contributed by atoms with E-state index in [0.717, 1.165) is 15.4 Å². The monoisotopic (exact) mass is 442 g/mol. The van der Waals surface area contributed by atoms with Crippen molar-refractivity contribution >= 4 is 31.9 Å². The molecule has 0 bridgehead atoms. The fourth-order valence-electron chi connectivity index (χ4n) is 2.34. The zero-order valence-electron chi connectivity index (χ0n) is 14.5. The minimum atomic E-state index is -3.81. The van der Waals surface area contributed by atoms with E-state index in [9.17, 15) is 17.6 Å². The lowest BCUT2D eigenvalue weighted by Gasteiger charge is -2.21. The van der Waals surface area contributed by atoms with E-state index in [1.165, 1.54) is 18.2 Å². The highest BCUT2D eigenvalue weighted by molar-refractivity contribution is 9.10. The maximum absolute atomic E-state index is 12.9. The Labute approximate surface area is 161 Å². The molecule has 0 radical (unpaired) electrons. The summed E-state index contributed by atoms with van der Waals surface area (Å²) in [5, 5.41) is 2.65. The molecule has 0 heterocycles. The Morgan fingerprint density at radius 1 is 1.19 bits per heavy atom. The third-order valence-corrected chi connectivity index (χ3v) is 6.68. The second kappa shape index (κ2) is 8.75. The third kappa shape index (κ3) is 5.12. The van der Waals surface area contributed by atoms with E-state index in [1.54, 1.807) is 31.2 Å². The van der Waals surface area contributed by atoms with Gasteiger partial charge in [0.2, 0.25) is 15.9 Å². The molecule has 1 N–H and O–H groups in total. The number of benzene rings is 2. The van der Waals surface area contributed by atoms with E-state index < -0.39 is 15.9 Å². The van der Waals surface area contributed by atoms with Crippen LogP contribution in [0, 0.1) is 12.7 Å². The van der Waals surface area contributed by atoms with Crippen LogP contribution in [0.4, 0.5) is 4.39 Å². The molecule has 5 nitrogen and oxygen atoms in total. The van der Waals surface area contributed by atoms with E-state index in [1.807, 2.05) is 6.92 Å². The highest BCUT2D eigenvalue weighted by Crippen LogP contribution is 2.26. The fourth-order valence-corrected chi connectivity index (χ4v) is 4.90. The maximum atomic E-state index is 12.9. The van der Waals surface area contributed by atoms with Gasteiger partial charge in [-0.2, -0.15) is 4.31 Å². The van der Waals surface area contributed by atoms with Gasteiger partial charge in [0.1, 0.15) is 5.82 Å². The summed E-state index contributed by atoms with van der Waals surface area (Å²) in [6.45, 7) is 3.60. The molecule has 1 amide bonds. The van der Waals surface area contributed by atoms with Gasteiger partial charge in [-0.25, -0.2) is 12.8 Å². The third-order valence-electron chi connectivity index (χ3n) is 3.78. The van der Waals surface area contributed by atoms with Gasteiger partial charge in [0, 0.05) is 17.6 Å². The van der Waals surface area contributed by atoms with E-state index in [2.05, 4.69) is 21.2 Å². The number of likely N-dealkylation sites (N-methyl/N-ethyl adjacent to an activating group) is 1. The quantitative estimate of drug-likeness (QED) is 0.715. The number of sulfonamides is 1. The Morgan fingerprint density at radius 2 is 1.85 bits per heavy atom. The smallest absolute Gasteiger partial charge is 0.244 e. The lowest BCUT2D eigenvalue weighted by atomic mass is 10.2. The Morgan fingerprint density at radius 3 is 2.42 bits per heavy atom. The first-order chi connectivity index (χ1) is 12.2. The van der Waals surface area contributed by atoms with Crippen molar-refractivity contribution < 1.29 is 17.6 Å². The van der Waals surface area contributed by atoms with Crippen LogP contribution in [0.3, 0.4) is 0 Å². The molecule has 2 rings (SSSR count). The van der Waals surface area contributed by atoms with Crippen LogP contribution in [-0.4, -0.2) is 31.7 Å². The zero-order chi connectivity index (χ0) is 19.3. The summed E-state index contributed by atoms with van der Waals surface area (Å²) >= 11 is 3.28. The van der Waals surface area contributed by atoms with Crippen LogP contribution < -0.4 is 5.32 Å². The minimum absolute atomic E-state index is 0.122. The number of rotatable bonds is 7. The molecule has 0 saturated carbocycles. The molecule has 0 unspecified atom stereocenters. The summed E-state index contributed by atoms with van der Waals surface area (Å²) in [7, 11) is -3.81. The fraction of sp³-hybridized carbons (Fsp3) is 0.278. The number of halogens is 2. The lowest BCUT2D eigenvalue weighted by Crippen LogP contribution is -2.40. The molecule has 2 aromatic rings. The molecule has 0 saturated heterocycles. The van der Waals surface area contributed by atoms with Gasteiger partial charge in [-0.05, 0) is 58.2 Å². The molecule has 0 aromatic heterocycles. The predicted octanol–water partition coefficient (Wildman–Crippen LogP) is 3.22. The second-order valence-electron chi connectivity index (χ2n) is 5.77. The van der Waals surface area contributed by atoms with Gasteiger partial charge in [0.15, 0.2) is 0 Å². The number of hydrogen-bond acceptors (Lipinski definition) is 3. The summed E-state index contributed by atoms with van der Waals surface area (Å²) in [5.41, 5.74) is 1.66. The molecular formula is C18H20BrFN2O3S. The first kappa shape index (κ1) is 20.5. The first-order valence-electron chi connectivity index (χ1n) is 8.01. The Hall–Kier alpha value is -1.77. The molecule has 0 aliphatic rings. The number of carbonyl (C=O) groups excluding carboxylic acids is 1. The maximum Gasteiger partial charge on any atom is 0.244 e. The van der Waals surface area contributed by atoms with E-state index in [0.29, 0.717) is 4.47 Å². The Kier molecular flexibility index (Phi) is 6.91. The summed E-state index contributed by atoms with van der Waals surface area (Å²) < 4.78 is 40.1. The summed E-state index contributed by atoms with van der Waals surface area (Å²) in [5.74, 6) is -0.782. The van der Waals surface area contributed by atoms with Crippen molar-refractivity contribution in [3.63, 3.8) is 0 Å². The van der Waals surface area contributed by atoms with Crippen molar-refractivity contribution in [1.82, 2.24) is 9.62 Å². The van der Waals surface area contributed by atoms with Crippen molar-refractivity contribution in [3.8, 4) is 0 Å². The average Bonchev–Trinajstić information content (AvgIpc) is 2.58. The Bertz CT molecular complexity index is 886. The number of nitrogens with one attached hydrogen (secondary N) is 1. The highest BCUT2D eigenvalue weighted by Gasteiger charge is 2.27. The highest BCUT2D eigenvalue weighted by atomic mass is 79.9. The van der Waals surface area contributed by atoms with Crippen LogP contribution in [0.15, 0.2) is 51.8 Å². The summed E-state index contributed by atoms with van der Waals surface area (Å²) in [6.07, 6.45) is 0. The largest absolute Gasteiger partial charge is 0.351 e. The predicted molar refractivity (Wildman–Crippen MR) is 102 cm³/mol. The van der Waals surface area contributed by atoms with Gasteiger partial charge in [0.05, 0.1) is 11.4 Å². The van der Waals surface area contributed by atoms with Crippen molar-refractivity contribution in [2.75, 3.05) is 13.1 Å². The van der Waals surface area contributed by atoms with Gasteiger partial charge >= 0.3 is 0 Å². The molecule has 0 aliphatic carbocycles. The van der Waals surface area contributed by atoms with E-state index in [4.69, 9.17) is 0 Å². The average molecular weight is 443 g/mol. The number of carbonyl (C=O) groups is 1. The normalized spacial score (nSPS) is 11.6. The molecule has 0 fully saturated rings. The topological polar surface area (TPSA) is 66.5 Å². The van der Waals surface area contributed by atoms with Gasteiger partial charge in [0.25, 0.3) is 0 Å². The summed E-state index contributed by atoms with van der Waals surface area (Å²) in [4.78, 5) is 12.3. The lowest BCUT2D eigenvalue weighted by molar-refractivity contribution is -0.121. The van der Waals surface area contributed by atoms with Gasteiger partial charge in [-0.15, -0.1) is 0 Å². The molecule has 0 atom stereocenters. The molecule has 0 aliphatic heterocycles. The van der Waals surface area contributed by atoms with E-state index in [-0.39, 0.29) is 30.3 Å². The van der Waals surface area contributed by atoms with Gasteiger partial charge in [-0.3, -0.25) is 4.79 Å². The zero-order valence-corrected chi connectivity index (χ0v) is 16.9. The molecule has 0 spiro atoms. The molecular weight excluding hydrogens is 423 g/mol. The molecule has 140 valence electrons. The molecule has 2 aromatic carbocycles. The second-order valence-corrected chi connectivity index (χ2v) is 8.53. The SMILES string of the molecule is CCN(CC(=O)NCc1ccc(F)cc1)S(=O)(=O)c1ccc(C)cc1Br. The van der Waals surface area contributed by atoms with Crippen molar-refractivity contribution in [1.29, 1.82) is 0 Å². The first-order valence-corrected chi connectivity index (χ1v) is 10.2. The minimum Gasteiger partial charge on any atom is -0.351 e. The number of aryl methyl sites for hydroxylation is 1. The number of amides is 1. The molecule has 8 heteroatoms. The number of nitrogens with zero attached hydrogens (tertiary/aromatic N) is 1. The van der Waals surface area contributed by atoms with Gasteiger partial charge in [-0.1, -0.05) is 25.1 Å². The van der Waals surface area contributed by atoms with Crippen LogP contribution in [-0.2, 0) is 21.4 Å². The van der Waals surface area contributed by atoms with Crippen molar-refractivity contribution in [2.45, 2.75) is 25.3 Å². The standard InChI is InChI=1S/C18H20BrFN2O3S/c1-3-22(26(24,25)17-9-4-13(2)10-16(17)19)12-18(23)21-11-14-5-7-15(20)8-6-14/h4-10H,3,11-12H2,1-2H3,(H,21,23). The van der Waals surface area contributed by atoms with Crippen LogP contribution in [0.25, 0.3) is 0 Å². The molecule has 26 heavy (non-hydrogen) atoms.